The first-order chi connectivity index (χ1) is 13.9. The number of benzene rings is 2. The Morgan fingerprint density at radius 2 is 1.48 bits per heavy atom. The highest BCUT2D eigenvalue weighted by Gasteiger charge is 2.25. The SMILES string of the molecule is CON=C[CH][C@H](OC(=O)c1ccc(C)cc1)[C@@H](O)COC(=O)c1ccc(C)cc1. The van der Waals surface area contributed by atoms with E-state index < -0.39 is 24.1 Å². The van der Waals surface area contributed by atoms with Crippen LogP contribution in [0.3, 0.4) is 0 Å². The molecule has 0 aliphatic heterocycles. The van der Waals surface area contributed by atoms with Gasteiger partial charge >= 0.3 is 11.9 Å². The van der Waals surface area contributed by atoms with Crippen LogP contribution in [0.5, 0.6) is 0 Å². The summed E-state index contributed by atoms with van der Waals surface area (Å²) in [6.45, 7) is 3.44. The average molecular weight is 398 g/mol. The lowest BCUT2D eigenvalue weighted by Crippen LogP contribution is -2.36. The number of aryl methyl sites for hydroxylation is 2. The van der Waals surface area contributed by atoms with Crippen LogP contribution in [0.15, 0.2) is 53.7 Å². The van der Waals surface area contributed by atoms with E-state index in [9.17, 15) is 14.7 Å². The number of aliphatic hydroxyl groups is 1. The van der Waals surface area contributed by atoms with Crippen LogP contribution in [0, 0.1) is 20.3 Å². The molecular formula is C22H24NO6. The summed E-state index contributed by atoms with van der Waals surface area (Å²) in [4.78, 5) is 29.1. The van der Waals surface area contributed by atoms with Crippen LogP contribution in [0.2, 0.25) is 0 Å². The molecule has 0 spiro atoms. The second kappa shape index (κ2) is 11.0. The van der Waals surface area contributed by atoms with Gasteiger partial charge in [-0.1, -0.05) is 40.5 Å². The molecule has 0 bridgehead atoms. The van der Waals surface area contributed by atoms with Crippen molar-refractivity contribution < 1.29 is 29.0 Å². The largest absolute Gasteiger partial charge is 0.459 e. The standard InChI is InChI=1S/C22H24NO6/c1-15-4-8-17(9-5-15)21(25)28-14-19(24)20(12-13-23-27-3)29-22(26)18-10-6-16(2)7-11-18/h4-13,19-20,24H,14H2,1-3H3/t19-,20-/m0/s1. The molecule has 0 saturated carbocycles. The Balaban J connectivity index is 2.00. The highest BCUT2D eigenvalue weighted by atomic mass is 16.6. The molecule has 0 aliphatic rings. The zero-order valence-electron chi connectivity index (χ0n) is 16.6. The summed E-state index contributed by atoms with van der Waals surface area (Å²) < 4.78 is 10.5. The lowest BCUT2D eigenvalue weighted by Gasteiger charge is -2.21. The van der Waals surface area contributed by atoms with Gasteiger partial charge in [0.1, 0.15) is 25.9 Å². The minimum absolute atomic E-state index is 0.335. The van der Waals surface area contributed by atoms with Crippen molar-refractivity contribution in [3.05, 3.63) is 77.2 Å². The van der Waals surface area contributed by atoms with Gasteiger partial charge in [0.25, 0.3) is 0 Å². The molecule has 1 N–H and O–H groups in total. The summed E-state index contributed by atoms with van der Waals surface area (Å²) in [5, 5.41) is 13.9. The minimum Gasteiger partial charge on any atom is -0.459 e. The molecule has 7 nitrogen and oxygen atoms in total. The van der Waals surface area contributed by atoms with Crippen LogP contribution in [0.1, 0.15) is 31.8 Å². The molecule has 0 unspecified atom stereocenters. The van der Waals surface area contributed by atoms with Gasteiger partial charge in [0.15, 0.2) is 0 Å². The molecule has 2 aromatic carbocycles. The van der Waals surface area contributed by atoms with Crippen molar-refractivity contribution in [3.63, 3.8) is 0 Å². The molecule has 0 amide bonds. The first kappa shape index (κ1) is 22.1. The highest BCUT2D eigenvalue weighted by molar-refractivity contribution is 5.90. The van der Waals surface area contributed by atoms with E-state index in [1.54, 1.807) is 48.5 Å². The monoisotopic (exact) mass is 398 g/mol. The van der Waals surface area contributed by atoms with E-state index in [0.29, 0.717) is 11.1 Å². The molecule has 153 valence electrons. The quantitative estimate of drug-likeness (QED) is 0.397. The Bertz CT molecular complexity index is 829. The summed E-state index contributed by atoms with van der Waals surface area (Å²) in [6.07, 6.45) is 0.216. The molecule has 2 rings (SSSR count). The van der Waals surface area contributed by atoms with Crippen molar-refractivity contribution in [2.24, 2.45) is 5.16 Å². The fraction of sp³-hybridized carbons (Fsp3) is 0.273. The summed E-state index contributed by atoms with van der Waals surface area (Å²) in [5.41, 5.74) is 2.71. The van der Waals surface area contributed by atoms with Gasteiger partial charge < -0.3 is 19.4 Å². The third-order valence-corrected chi connectivity index (χ3v) is 4.02. The Kier molecular flexibility index (Phi) is 8.36. The van der Waals surface area contributed by atoms with Crippen molar-refractivity contribution in [3.8, 4) is 0 Å². The van der Waals surface area contributed by atoms with Crippen LogP contribution in [0.4, 0.5) is 0 Å². The molecule has 0 aliphatic carbocycles. The second-order valence-corrected chi connectivity index (χ2v) is 6.40. The van der Waals surface area contributed by atoms with E-state index in [-0.39, 0.29) is 6.61 Å². The Morgan fingerprint density at radius 1 is 0.966 bits per heavy atom. The Hall–Kier alpha value is -3.19. The molecular weight excluding hydrogens is 374 g/mol. The van der Waals surface area contributed by atoms with Crippen LogP contribution >= 0.6 is 0 Å². The first-order valence-corrected chi connectivity index (χ1v) is 9.00. The third-order valence-electron chi connectivity index (χ3n) is 4.02. The minimum atomic E-state index is -1.29. The molecule has 2 atom stereocenters. The third kappa shape index (κ3) is 7.04. The number of rotatable bonds is 9. The lowest BCUT2D eigenvalue weighted by atomic mass is 10.1. The lowest BCUT2D eigenvalue weighted by molar-refractivity contribution is -0.0304. The maximum atomic E-state index is 12.4. The molecule has 2 aromatic rings. The predicted octanol–water partition coefficient (Wildman–Crippen LogP) is 2.88. The van der Waals surface area contributed by atoms with Gasteiger partial charge in [0.2, 0.25) is 0 Å². The van der Waals surface area contributed by atoms with Gasteiger partial charge in [-0.15, -0.1) is 0 Å². The van der Waals surface area contributed by atoms with Gasteiger partial charge in [0.05, 0.1) is 17.3 Å². The molecule has 1 radical (unpaired) electrons. The fourth-order valence-corrected chi connectivity index (χ4v) is 2.34. The zero-order chi connectivity index (χ0) is 21.2. The molecule has 7 heteroatoms. The zero-order valence-corrected chi connectivity index (χ0v) is 16.6. The van der Waals surface area contributed by atoms with Gasteiger partial charge in [-0.2, -0.15) is 0 Å². The summed E-state index contributed by atoms with van der Waals surface area (Å²) >= 11 is 0. The maximum Gasteiger partial charge on any atom is 0.338 e. The maximum absolute atomic E-state index is 12.4. The van der Waals surface area contributed by atoms with E-state index >= 15 is 0 Å². The fourth-order valence-electron chi connectivity index (χ4n) is 2.34. The van der Waals surface area contributed by atoms with E-state index in [2.05, 4.69) is 9.99 Å². The van der Waals surface area contributed by atoms with Crippen LogP contribution in [0.25, 0.3) is 0 Å². The van der Waals surface area contributed by atoms with Crippen LogP contribution in [-0.4, -0.2) is 49.2 Å². The second-order valence-electron chi connectivity index (χ2n) is 6.40. The predicted molar refractivity (Wildman–Crippen MR) is 108 cm³/mol. The molecule has 0 fully saturated rings. The van der Waals surface area contributed by atoms with E-state index in [4.69, 9.17) is 9.47 Å². The van der Waals surface area contributed by atoms with E-state index in [1.165, 1.54) is 19.7 Å². The molecule has 0 heterocycles. The van der Waals surface area contributed by atoms with Crippen molar-refractivity contribution in [1.82, 2.24) is 0 Å². The Morgan fingerprint density at radius 3 is 2.00 bits per heavy atom. The molecule has 29 heavy (non-hydrogen) atoms. The van der Waals surface area contributed by atoms with Crippen molar-refractivity contribution in [1.29, 1.82) is 0 Å². The molecule has 0 aromatic heterocycles. The summed E-state index contributed by atoms with van der Waals surface area (Å²) in [6, 6.07) is 13.7. The van der Waals surface area contributed by atoms with Crippen molar-refractivity contribution in [2.45, 2.75) is 26.1 Å². The topological polar surface area (TPSA) is 94.4 Å². The van der Waals surface area contributed by atoms with Gasteiger partial charge in [-0.25, -0.2) is 9.59 Å². The number of aliphatic hydroxyl groups excluding tert-OH is 1. The van der Waals surface area contributed by atoms with Gasteiger partial charge in [0, 0.05) is 6.42 Å². The van der Waals surface area contributed by atoms with Crippen LogP contribution < -0.4 is 0 Å². The van der Waals surface area contributed by atoms with Crippen LogP contribution in [-0.2, 0) is 14.3 Å². The first-order valence-electron chi connectivity index (χ1n) is 9.00. The van der Waals surface area contributed by atoms with Gasteiger partial charge in [-0.3, -0.25) is 0 Å². The summed E-state index contributed by atoms with van der Waals surface area (Å²) in [7, 11) is 1.36. The van der Waals surface area contributed by atoms with Crippen molar-refractivity contribution >= 4 is 18.2 Å². The van der Waals surface area contributed by atoms with Gasteiger partial charge in [-0.05, 0) is 38.1 Å². The highest BCUT2D eigenvalue weighted by Crippen LogP contribution is 2.12. The van der Waals surface area contributed by atoms with E-state index in [1.807, 2.05) is 13.8 Å². The van der Waals surface area contributed by atoms with Crippen molar-refractivity contribution in [2.75, 3.05) is 13.7 Å². The number of nitrogens with zero attached hydrogens (tertiary/aromatic N) is 1. The number of hydrogen-bond acceptors (Lipinski definition) is 7. The summed E-state index contributed by atoms with van der Waals surface area (Å²) in [5.74, 6) is -1.21. The molecule has 0 saturated heterocycles. The number of carbonyl (C=O) groups is 2. The number of oxime groups is 1. The average Bonchev–Trinajstić information content (AvgIpc) is 2.72. The normalized spacial score (nSPS) is 13.0. The number of esters is 2. The number of carbonyl (C=O) groups excluding carboxylic acids is 2. The smallest absolute Gasteiger partial charge is 0.338 e. The Labute approximate surface area is 169 Å². The van der Waals surface area contributed by atoms with E-state index in [0.717, 1.165) is 11.1 Å². The number of ether oxygens (including phenoxy) is 2. The number of hydrogen-bond donors (Lipinski definition) is 1.